The minimum absolute atomic E-state index is 0.0781. The van der Waals surface area contributed by atoms with Gasteiger partial charge < -0.3 is 16.8 Å². The SMILES string of the molecule is NC(=O)Nc1cc(C/N=N/c2ccc(S(=O)(=O)CCOS(=O)(=O)O)cc2S(=O)(=O)O)cc(N)c1/N=N/c1ccc(S(=O)(=O)CCOS(=O)(=O)O)cc1. The van der Waals surface area contributed by atoms with Gasteiger partial charge in [0.1, 0.15) is 16.3 Å². The molecule has 0 aliphatic carbocycles. The number of sulfone groups is 2. The quantitative estimate of drug-likeness (QED) is 0.0642. The molecule has 3 aromatic rings. The fourth-order valence-corrected chi connectivity index (χ4v) is 7.60. The number of rotatable bonds is 17. The second-order valence-electron chi connectivity index (χ2n) is 9.91. The lowest BCUT2D eigenvalue weighted by molar-refractivity contribution is 0.259. The molecule has 0 spiro atoms. The van der Waals surface area contributed by atoms with Crippen molar-refractivity contribution >= 4 is 85.1 Å². The van der Waals surface area contributed by atoms with Crippen LogP contribution in [0.2, 0.25) is 0 Å². The third-order valence-corrected chi connectivity index (χ3v) is 11.3. The van der Waals surface area contributed by atoms with Crippen LogP contribution in [-0.4, -0.2) is 86.5 Å². The molecule has 0 saturated heterocycles. The van der Waals surface area contributed by atoms with Crippen LogP contribution in [0.3, 0.4) is 0 Å². The van der Waals surface area contributed by atoms with E-state index in [9.17, 15) is 51.4 Å². The Kier molecular flexibility index (Phi) is 13.2. The highest BCUT2D eigenvalue weighted by Gasteiger charge is 2.23. The van der Waals surface area contributed by atoms with Gasteiger partial charge >= 0.3 is 26.8 Å². The van der Waals surface area contributed by atoms with E-state index in [1.165, 1.54) is 24.3 Å². The molecule has 0 heterocycles. The number of hydrogen-bond donors (Lipinski definition) is 6. The number of amides is 2. The molecule has 28 heteroatoms. The number of benzene rings is 3. The minimum atomic E-state index is -5.09. The van der Waals surface area contributed by atoms with Gasteiger partial charge in [-0.25, -0.2) is 30.0 Å². The molecule has 23 nitrogen and oxygen atoms in total. The Morgan fingerprint density at radius 2 is 1.25 bits per heavy atom. The average Bonchev–Trinajstić information content (AvgIpc) is 2.98. The highest BCUT2D eigenvalue weighted by molar-refractivity contribution is 7.92. The first kappa shape index (κ1) is 41.9. The lowest BCUT2D eigenvalue weighted by Crippen LogP contribution is -2.19. The Bertz CT molecular complexity index is 2460. The topological polar surface area (TPSA) is 380 Å². The van der Waals surface area contributed by atoms with Gasteiger partial charge in [0.25, 0.3) is 10.1 Å². The Balaban J connectivity index is 1.84. The van der Waals surface area contributed by atoms with Crippen molar-refractivity contribution < 1.29 is 68.9 Å². The molecular weight excluding hydrogens is 803 g/mol. The van der Waals surface area contributed by atoms with Gasteiger partial charge in [0, 0.05) is 0 Å². The predicted molar refractivity (Wildman–Crippen MR) is 178 cm³/mol. The normalized spacial score (nSPS) is 13.1. The first-order chi connectivity index (χ1) is 23.9. The smallest absolute Gasteiger partial charge is 0.397 e. The minimum Gasteiger partial charge on any atom is -0.397 e. The molecule has 0 unspecified atom stereocenters. The zero-order chi connectivity index (χ0) is 39.1. The number of carbonyl (C=O) groups excluding carboxylic acids is 1. The highest BCUT2D eigenvalue weighted by Crippen LogP contribution is 2.35. The summed E-state index contributed by atoms with van der Waals surface area (Å²) in [4.78, 5) is 9.82. The summed E-state index contributed by atoms with van der Waals surface area (Å²) in [5.74, 6) is -1.76. The fraction of sp³-hybridized carbons (Fsp3) is 0.208. The van der Waals surface area contributed by atoms with Gasteiger partial charge in [-0.05, 0) is 60.2 Å². The maximum absolute atomic E-state index is 12.5. The van der Waals surface area contributed by atoms with E-state index in [1.807, 2.05) is 0 Å². The number of nitrogens with one attached hydrogen (secondary N) is 1. The van der Waals surface area contributed by atoms with E-state index in [-0.39, 0.29) is 39.8 Å². The van der Waals surface area contributed by atoms with E-state index in [1.54, 1.807) is 0 Å². The Hall–Kier alpha value is -4.52. The second kappa shape index (κ2) is 16.4. The van der Waals surface area contributed by atoms with Crippen LogP contribution in [0.4, 0.5) is 33.2 Å². The van der Waals surface area contributed by atoms with Crippen LogP contribution >= 0.6 is 0 Å². The number of azo groups is 2. The molecule has 3 aromatic carbocycles. The van der Waals surface area contributed by atoms with Gasteiger partial charge in [0.2, 0.25) is 0 Å². The average molecular weight is 830 g/mol. The van der Waals surface area contributed by atoms with Gasteiger partial charge in [-0.1, -0.05) is 0 Å². The Morgan fingerprint density at radius 1 is 0.712 bits per heavy atom. The molecule has 0 aliphatic heterocycles. The highest BCUT2D eigenvalue weighted by atomic mass is 32.3. The maximum atomic E-state index is 12.5. The number of nitrogens with zero attached hydrogens (tertiary/aromatic N) is 4. The number of anilines is 2. The Morgan fingerprint density at radius 3 is 1.77 bits per heavy atom. The van der Waals surface area contributed by atoms with Crippen molar-refractivity contribution in [3.8, 4) is 0 Å². The molecule has 0 aliphatic rings. The standard InChI is InChI=1S/C24H27N7O16S5/c25-19-11-15(14-27-30-20-6-5-18(13-22(20)50(37,38)39)49(35,36)10-8-47-52(43,44)45)12-21(28-24(26)32)23(19)31-29-16-1-3-17(4-2-16)48(33,34)9-7-46-51(40,41)42/h1-6,11-13H,7-10,14,25H2,(H3,26,28,32)(H,37,38,39)(H,40,41,42)(H,43,44,45)/b30-27+,31-29+. The van der Waals surface area contributed by atoms with Crippen LogP contribution in [0, 0.1) is 0 Å². The predicted octanol–water partition coefficient (Wildman–Crippen LogP) is 1.89. The number of carbonyl (C=O) groups is 1. The number of nitrogen functional groups attached to an aromatic ring is 1. The summed E-state index contributed by atoms with van der Waals surface area (Å²) in [6.07, 6.45) is 0. The maximum Gasteiger partial charge on any atom is 0.397 e. The van der Waals surface area contributed by atoms with Gasteiger partial charge in [-0.3, -0.25) is 13.7 Å². The molecule has 0 bridgehead atoms. The lowest BCUT2D eigenvalue weighted by atomic mass is 10.1. The zero-order valence-corrected chi connectivity index (χ0v) is 29.9. The van der Waals surface area contributed by atoms with Crippen LogP contribution in [0.15, 0.2) is 89.7 Å². The van der Waals surface area contributed by atoms with Crippen molar-refractivity contribution in [3.05, 3.63) is 60.2 Å². The van der Waals surface area contributed by atoms with Gasteiger partial charge in [0.15, 0.2) is 19.7 Å². The summed E-state index contributed by atoms with van der Waals surface area (Å²) < 4.78 is 151. The summed E-state index contributed by atoms with van der Waals surface area (Å²) in [5, 5.41) is 17.8. The first-order valence-corrected chi connectivity index (χ1v) is 21.0. The van der Waals surface area contributed by atoms with Crippen molar-refractivity contribution in [3.63, 3.8) is 0 Å². The largest absolute Gasteiger partial charge is 0.397 e. The van der Waals surface area contributed by atoms with Crippen molar-refractivity contribution in [2.75, 3.05) is 35.8 Å². The van der Waals surface area contributed by atoms with E-state index < -0.39 is 96.8 Å². The molecule has 8 N–H and O–H groups in total. The third kappa shape index (κ3) is 12.9. The van der Waals surface area contributed by atoms with E-state index >= 15 is 0 Å². The summed E-state index contributed by atoms with van der Waals surface area (Å²) in [6, 6.07) is 8.67. The molecule has 284 valence electrons. The molecule has 0 aromatic heterocycles. The number of urea groups is 1. The summed E-state index contributed by atoms with van der Waals surface area (Å²) in [5.41, 5.74) is 10.9. The van der Waals surface area contributed by atoms with Gasteiger partial charge in [-0.15, -0.1) is 5.11 Å². The number of hydrogen-bond acceptors (Lipinski definition) is 18. The van der Waals surface area contributed by atoms with E-state index in [2.05, 4.69) is 34.1 Å². The van der Waals surface area contributed by atoms with Crippen molar-refractivity contribution in [1.82, 2.24) is 0 Å². The third-order valence-electron chi connectivity index (χ3n) is 6.09. The van der Waals surface area contributed by atoms with E-state index in [4.69, 9.17) is 20.6 Å². The molecule has 0 saturated carbocycles. The first-order valence-electron chi connectivity index (χ1n) is 13.6. The summed E-state index contributed by atoms with van der Waals surface area (Å²) >= 11 is 0. The van der Waals surface area contributed by atoms with Crippen molar-refractivity contribution in [2.24, 2.45) is 26.2 Å². The molecule has 0 radical (unpaired) electrons. The van der Waals surface area contributed by atoms with E-state index in [0.29, 0.717) is 6.07 Å². The molecule has 3 rings (SSSR count). The Labute approximate surface area is 296 Å². The van der Waals surface area contributed by atoms with Crippen LogP contribution in [0.1, 0.15) is 5.56 Å². The lowest BCUT2D eigenvalue weighted by Gasteiger charge is -2.10. The molecular formula is C24H27N7O16S5. The summed E-state index contributed by atoms with van der Waals surface area (Å²) in [7, 11) is -23.3. The fourth-order valence-electron chi connectivity index (χ4n) is 3.88. The zero-order valence-electron chi connectivity index (χ0n) is 25.9. The van der Waals surface area contributed by atoms with Crippen LogP contribution in [-0.2, 0) is 65.5 Å². The number of primary amides is 1. The second-order valence-corrected chi connectivity index (χ2v) is 17.7. The molecule has 0 fully saturated rings. The van der Waals surface area contributed by atoms with Crippen molar-refractivity contribution in [2.45, 2.75) is 21.2 Å². The van der Waals surface area contributed by atoms with Gasteiger partial charge in [-0.2, -0.15) is 40.6 Å². The number of nitrogens with two attached hydrogens (primary N) is 2. The van der Waals surface area contributed by atoms with Crippen LogP contribution in [0.5, 0.6) is 0 Å². The monoisotopic (exact) mass is 829 g/mol. The van der Waals surface area contributed by atoms with Gasteiger partial charge in [0.05, 0.1) is 58.1 Å². The molecule has 52 heavy (non-hydrogen) atoms. The molecule has 2 amide bonds. The van der Waals surface area contributed by atoms with Crippen LogP contribution < -0.4 is 16.8 Å². The van der Waals surface area contributed by atoms with Crippen molar-refractivity contribution in [1.29, 1.82) is 0 Å². The summed E-state index contributed by atoms with van der Waals surface area (Å²) in [6.45, 7) is -2.18. The van der Waals surface area contributed by atoms with E-state index in [0.717, 1.165) is 24.3 Å². The molecule has 0 atom stereocenters. The van der Waals surface area contributed by atoms with Crippen LogP contribution in [0.25, 0.3) is 0 Å².